The van der Waals surface area contributed by atoms with Gasteiger partial charge in [-0.2, -0.15) is 6.07 Å². The summed E-state index contributed by atoms with van der Waals surface area (Å²) in [6.07, 6.45) is 7.56. The van der Waals surface area contributed by atoms with Crippen LogP contribution in [0.25, 0.3) is 0 Å². The van der Waals surface area contributed by atoms with E-state index in [1.54, 1.807) is 0 Å². The van der Waals surface area contributed by atoms with Crippen LogP contribution in [0.15, 0.2) is 36.7 Å². The molecule has 1 heterocycles. The first-order valence-electron chi connectivity index (χ1n) is 6.18. The third-order valence-electron chi connectivity index (χ3n) is 2.49. The molecule has 19 heavy (non-hydrogen) atoms. The van der Waals surface area contributed by atoms with E-state index in [-0.39, 0.29) is 21.7 Å². The molecule has 0 bridgehead atoms. The van der Waals surface area contributed by atoms with Crippen LogP contribution in [0.4, 0.5) is 8.78 Å². The maximum atomic E-state index is 13.0. The zero-order chi connectivity index (χ0) is 13.2. The van der Waals surface area contributed by atoms with Crippen LogP contribution < -0.4 is 0 Å². The summed E-state index contributed by atoms with van der Waals surface area (Å²) in [6, 6.07) is 8.67. The molecule has 0 fully saturated rings. The molecule has 1 N–H and O–H groups in total. The van der Waals surface area contributed by atoms with E-state index in [2.05, 4.69) is 11.9 Å². The van der Waals surface area contributed by atoms with Gasteiger partial charge in [0, 0.05) is 45.7 Å². The van der Waals surface area contributed by atoms with Crippen LogP contribution in [0.1, 0.15) is 31.7 Å². The molecule has 4 heteroatoms. The van der Waals surface area contributed by atoms with Gasteiger partial charge in [0.05, 0.1) is 0 Å². The van der Waals surface area contributed by atoms with Crippen molar-refractivity contribution in [1.29, 1.82) is 0 Å². The maximum absolute atomic E-state index is 13.0. The normalized spacial score (nSPS) is 9.21. The van der Waals surface area contributed by atoms with Crippen LogP contribution in [-0.2, 0) is 28.1 Å². The number of H-pyrrole nitrogens is 1. The topological polar surface area (TPSA) is 15.8 Å². The fraction of sp³-hybridized carbons (Fsp3) is 0.333. The number of halogens is 2. The van der Waals surface area contributed by atoms with Crippen molar-refractivity contribution in [2.75, 3.05) is 0 Å². The number of hydrogen-bond donors (Lipinski definition) is 1. The van der Waals surface area contributed by atoms with E-state index in [4.69, 9.17) is 0 Å². The van der Waals surface area contributed by atoms with E-state index in [1.165, 1.54) is 12.1 Å². The molecule has 2 aromatic rings. The Morgan fingerprint density at radius 2 is 1.79 bits per heavy atom. The predicted molar refractivity (Wildman–Crippen MR) is 69.2 cm³/mol. The van der Waals surface area contributed by atoms with Crippen molar-refractivity contribution in [1.82, 2.24) is 4.98 Å². The zero-order valence-corrected chi connectivity index (χ0v) is 12.6. The second-order valence-corrected chi connectivity index (χ2v) is 3.99. The maximum Gasteiger partial charge on any atom is 0.0168 e. The Kier molecular flexibility index (Phi) is 10.4. The van der Waals surface area contributed by atoms with Crippen molar-refractivity contribution in [3.05, 3.63) is 59.9 Å². The molecular weight excluding hydrogens is 280 g/mol. The summed E-state index contributed by atoms with van der Waals surface area (Å²) in [5, 5.41) is 0. The van der Waals surface area contributed by atoms with Gasteiger partial charge in [-0.3, -0.25) is 0 Å². The number of aromatic nitrogens is 1. The van der Waals surface area contributed by atoms with Gasteiger partial charge in [0.15, 0.2) is 0 Å². The number of unbranched alkanes of at least 4 members (excludes halogenated alkanes) is 2. The molecule has 0 aliphatic carbocycles. The van der Waals surface area contributed by atoms with Crippen molar-refractivity contribution in [3.8, 4) is 0 Å². The number of nitrogens with one attached hydrogen (secondary N) is 1. The Hall–Kier alpha value is -0.926. The van der Waals surface area contributed by atoms with E-state index < -0.39 is 11.6 Å². The average Bonchev–Trinajstić information content (AvgIpc) is 2.91. The van der Waals surface area contributed by atoms with E-state index in [0.29, 0.717) is 12.0 Å². The van der Waals surface area contributed by atoms with Crippen LogP contribution in [0.5, 0.6) is 0 Å². The molecule has 0 radical (unpaired) electrons. The Balaban J connectivity index is 0.000000454. The van der Waals surface area contributed by atoms with Gasteiger partial charge in [-0.15, -0.1) is 17.7 Å². The molecule has 0 aliphatic heterocycles. The number of aryl methyl sites for hydroxylation is 1. The number of hydrogen-bond acceptors (Lipinski definition) is 0. The molecule has 2 rings (SSSR count). The van der Waals surface area contributed by atoms with Gasteiger partial charge < -0.3 is 4.98 Å². The molecule has 0 atom stereocenters. The van der Waals surface area contributed by atoms with Crippen molar-refractivity contribution in [3.63, 3.8) is 0 Å². The minimum Gasteiger partial charge on any atom is -0.368 e. The fourth-order valence-corrected chi connectivity index (χ4v) is 1.51. The number of benzene rings is 1. The Morgan fingerprint density at radius 3 is 2.26 bits per heavy atom. The molecule has 0 amide bonds. The summed E-state index contributed by atoms with van der Waals surface area (Å²) in [5.74, 6) is -1.17. The molecule has 0 spiro atoms. The molecule has 1 nitrogen and oxygen atoms in total. The van der Waals surface area contributed by atoms with E-state index in [0.717, 1.165) is 19.3 Å². The quantitative estimate of drug-likeness (QED) is 0.485. The van der Waals surface area contributed by atoms with Crippen LogP contribution in [0.2, 0.25) is 0 Å². The smallest absolute Gasteiger partial charge is 0.0168 e. The van der Waals surface area contributed by atoms with Crippen molar-refractivity contribution in [2.45, 2.75) is 32.6 Å². The summed E-state index contributed by atoms with van der Waals surface area (Å²) in [7, 11) is 0. The van der Waals surface area contributed by atoms with Crippen molar-refractivity contribution >= 4 is 0 Å². The predicted octanol–water partition coefficient (Wildman–Crippen LogP) is 4.51. The molecule has 0 saturated carbocycles. The molecule has 1 aromatic heterocycles. The fourth-order valence-electron chi connectivity index (χ4n) is 1.51. The summed E-state index contributed by atoms with van der Waals surface area (Å²) in [4.78, 5) is 2.86. The second kappa shape index (κ2) is 10.9. The van der Waals surface area contributed by atoms with E-state index in [1.807, 2.05) is 30.6 Å². The van der Waals surface area contributed by atoms with Crippen LogP contribution in [-0.4, -0.2) is 4.98 Å². The largest absolute Gasteiger partial charge is 0.368 e. The molecule has 0 aliphatic rings. The van der Waals surface area contributed by atoms with Gasteiger partial charge in [-0.25, -0.2) is 8.78 Å². The number of rotatable bonds is 4. The first-order chi connectivity index (χ1) is 8.74. The van der Waals surface area contributed by atoms with Crippen LogP contribution in [0.3, 0.4) is 0 Å². The summed E-state index contributed by atoms with van der Waals surface area (Å²) in [6.45, 7) is 2.09. The van der Waals surface area contributed by atoms with Gasteiger partial charge in [0.25, 0.3) is 0 Å². The van der Waals surface area contributed by atoms with Gasteiger partial charge >= 0.3 is 0 Å². The first-order valence-corrected chi connectivity index (χ1v) is 6.18. The van der Waals surface area contributed by atoms with E-state index in [9.17, 15) is 8.78 Å². The SMILES string of the molecule is CCCCCc1ccc(F)[c-]c1F.[Ti].c1cc[nH]c1. The molecule has 102 valence electrons. The Bertz CT molecular complexity index is 412. The standard InChI is InChI=1S/C11H13F2.C4H5N.Ti/c1-2-3-4-5-9-6-7-10(12)8-11(9)13;1-2-4-5-3-1;/h6-7H,2-5H2,1H3;1-5H;/q-1;;. The molecule has 1 aromatic carbocycles. The van der Waals surface area contributed by atoms with E-state index >= 15 is 0 Å². The Labute approximate surface area is 128 Å². The first kappa shape index (κ1) is 18.1. The Morgan fingerprint density at radius 1 is 1.11 bits per heavy atom. The monoisotopic (exact) mass is 298 g/mol. The minimum atomic E-state index is -0.628. The third kappa shape index (κ3) is 7.96. The van der Waals surface area contributed by atoms with Crippen molar-refractivity contribution < 1.29 is 30.5 Å². The zero-order valence-electron chi connectivity index (χ0n) is 11.0. The molecule has 0 unspecified atom stereocenters. The molecule has 0 saturated heterocycles. The summed E-state index contributed by atoms with van der Waals surface area (Å²) in [5.41, 5.74) is 0.565. The van der Waals surface area contributed by atoms with Gasteiger partial charge in [-0.1, -0.05) is 32.6 Å². The van der Waals surface area contributed by atoms with Gasteiger partial charge in [0.2, 0.25) is 0 Å². The summed E-state index contributed by atoms with van der Waals surface area (Å²) >= 11 is 0. The van der Waals surface area contributed by atoms with Crippen molar-refractivity contribution in [2.24, 2.45) is 0 Å². The molecular formula is C15H18F2NTi-. The van der Waals surface area contributed by atoms with Gasteiger partial charge in [-0.05, 0) is 12.1 Å². The van der Waals surface area contributed by atoms with Crippen LogP contribution >= 0.6 is 0 Å². The average molecular weight is 298 g/mol. The summed E-state index contributed by atoms with van der Waals surface area (Å²) < 4.78 is 25.4. The van der Waals surface area contributed by atoms with Crippen LogP contribution in [0, 0.1) is 17.7 Å². The van der Waals surface area contributed by atoms with Gasteiger partial charge in [0.1, 0.15) is 0 Å². The third-order valence-corrected chi connectivity index (χ3v) is 2.49. The second-order valence-electron chi connectivity index (χ2n) is 3.99. The minimum absolute atomic E-state index is 0. The number of aromatic amines is 1.